The van der Waals surface area contributed by atoms with Crippen LogP contribution in [0.3, 0.4) is 0 Å². The number of nitrogens with zero attached hydrogens (tertiary/aromatic N) is 2. The highest BCUT2D eigenvalue weighted by Gasteiger charge is 2.19. The van der Waals surface area contributed by atoms with E-state index in [-0.39, 0.29) is 5.91 Å². The predicted molar refractivity (Wildman–Crippen MR) is 118 cm³/mol. The van der Waals surface area contributed by atoms with Crippen molar-refractivity contribution in [1.29, 1.82) is 0 Å². The van der Waals surface area contributed by atoms with Crippen molar-refractivity contribution < 1.29 is 14.3 Å². The van der Waals surface area contributed by atoms with Gasteiger partial charge in [0.05, 0.1) is 20.4 Å². The number of para-hydroxylation sites is 1. The Morgan fingerprint density at radius 1 is 1.13 bits per heavy atom. The Bertz CT molecular complexity index is 1080. The monoisotopic (exact) mass is 405 g/mol. The average Bonchev–Trinajstić information content (AvgIpc) is 3.11. The van der Waals surface area contributed by atoms with Gasteiger partial charge in [-0.15, -0.1) is 0 Å². The van der Waals surface area contributed by atoms with Crippen LogP contribution in [0.4, 0.5) is 0 Å². The molecule has 1 N–H and O–H groups in total. The van der Waals surface area contributed by atoms with E-state index in [1.165, 1.54) is 35.0 Å². The standard InChI is InChI=1S/C24H27N3O3/c1-29-18-11-12-23(30-2)17(15-18)16-25-26-24(28)13-14-27-21-9-5-3-7-19(21)20-8-4-6-10-22(20)27/h3,5,7,9,11-12,15-16H,4,6,8,10,13-14H2,1-2H3,(H,26,28). The van der Waals surface area contributed by atoms with E-state index in [0.29, 0.717) is 24.5 Å². The first-order valence-corrected chi connectivity index (χ1v) is 10.3. The normalized spacial score (nSPS) is 13.4. The third-order valence-corrected chi connectivity index (χ3v) is 5.68. The van der Waals surface area contributed by atoms with Crippen LogP contribution in [0, 0.1) is 0 Å². The minimum Gasteiger partial charge on any atom is -0.497 e. The molecule has 0 aliphatic heterocycles. The van der Waals surface area contributed by atoms with Crippen LogP contribution in [-0.4, -0.2) is 30.9 Å². The largest absolute Gasteiger partial charge is 0.497 e. The van der Waals surface area contributed by atoms with Crippen molar-refractivity contribution in [3.05, 3.63) is 59.3 Å². The van der Waals surface area contributed by atoms with Crippen LogP contribution >= 0.6 is 0 Å². The van der Waals surface area contributed by atoms with Gasteiger partial charge in [-0.1, -0.05) is 18.2 Å². The number of benzene rings is 2. The SMILES string of the molecule is COc1ccc(OC)c(C=NNC(=O)CCn2c3c(c4ccccc42)CCCC3)c1. The molecule has 0 spiro atoms. The number of methoxy groups -OCH3 is 2. The number of amides is 1. The summed E-state index contributed by atoms with van der Waals surface area (Å²) in [6.07, 6.45) is 6.61. The van der Waals surface area contributed by atoms with Gasteiger partial charge in [0, 0.05) is 35.1 Å². The number of carbonyl (C=O) groups excluding carboxylic acids is 1. The van der Waals surface area contributed by atoms with Gasteiger partial charge in [0.15, 0.2) is 0 Å². The fraction of sp³-hybridized carbons (Fsp3) is 0.333. The predicted octanol–water partition coefficient (Wildman–Crippen LogP) is 4.08. The first-order chi connectivity index (χ1) is 14.7. The number of hydrogen-bond donors (Lipinski definition) is 1. The number of aryl methyl sites for hydroxylation is 2. The van der Waals surface area contributed by atoms with Gasteiger partial charge in [-0.3, -0.25) is 4.79 Å². The second-order valence-electron chi connectivity index (χ2n) is 7.45. The summed E-state index contributed by atoms with van der Waals surface area (Å²) in [4.78, 5) is 12.4. The van der Waals surface area contributed by atoms with Crippen molar-refractivity contribution in [1.82, 2.24) is 9.99 Å². The van der Waals surface area contributed by atoms with E-state index < -0.39 is 0 Å². The zero-order valence-corrected chi connectivity index (χ0v) is 17.5. The molecule has 0 saturated carbocycles. The highest BCUT2D eigenvalue weighted by molar-refractivity contribution is 5.87. The Hall–Kier alpha value is -3.28. The number of ether oxygens (including phenoxy) is 2. The minimum absolute atomic E-state index is 0.115. The van der Waals surface area contributed by atoms with Crippen molar-refractivity contribution >= 4 is 23.0 Å². The Morgan fingerprint density at radius 3 is 2.80 bits per heavy atom. The fourth-order valence-corrected chi connectivity index (χ4v) is 4.23. The van der Waals surface area contributed by atoms with Crippen molar-refractivity contribution in [3.63, 3.8) is 0 Å². The summed E-state index contributed by atoms with van der Waals surface area (Å²) in [5.41, 5.74) is 7.44. The van der Waals surface area contributed by atoms with Gasteiger partial charge in [-0.05, 0) is 55.5 Å². The van der Waals surface area contributed by atoms with Crippen LogP contribution in [0.15, 0.2) is 47.6 Å². The number of hydrogen-bond acceptors (Lipinski definition) is 4. The Balaban J connectivity index is 1.43. The smallest absolute Gasteiger partial charge is 0.241 e. The second kappa shape index (κ2) is 9.03. The van der Waals surface area contributed by atoms with Crippen LogP contribution in [0.2, 0.25) is 0 Å². The minimum atomic E-state index is -0.115. The maximum Gasteiger partial charge on any atom is 0.241 e. The zero-order chi connectivity index (χ0) is 20.9. The lowest BCUT2D eigenvalue weighted by atomic mass is 9.95. The van der Waals surface area contributed by atoms with Crippen molar-refractivity contribution in [2.45, 2.75) is 38.6 Å². The van der Waals surface area contributed by atoms with Gasteiger partial charge in [0.2, 0.25) is 5.91 Å². The Morgan fingerprint density at radius 2 is 1.97 bits per heavy atom. The molecule has 1 heterocycles. The molecule has 6 heteroatoms. The van der Waals surface area contributed by atoms with Crippen LogP contribution in [0.1, 0.15) is 36.1 Å². The summed E-state index contributed by atoms with van der Waals surface area (Å²) in [5, 5.41) is 5.44. The lowest BCUT2D eigenvalue weighted by molar-refractivity contribution is -0.121. The molecule has 1 amide bonds. The molecule has 6 nitrogen and oxygen atoms in total. The van der Waals surface area contributed by atoms with Crippen molar-refractivity contribution in [2.24, 2.45) is 5.10 Å². The highest BCUT2D eigenvalue weighted by Crippen LogP contribution is 2.32. The van der Waals surface area contributed by atoms with Gasteiger partial charge >= 0.3 is 0 Å². The molecule has 30 heavy (non-hydrogen) atoms. The third kappa shape index (κ3) is 4.03. The maximum atomic E-state index is 12.4. The van der Waals surface area contributed by atoms with E-state index in [2.05, 4.69) is 39.4 Å². The van der Waals surface area contributed by atoms with E-state index in [0.717, 1.165) is 18.4 Å². The van der Waals surface area contributed by atoms with Crippen molar-refractivity contribution in [2.75, 3.05) is 14.2 Å². The van der Waals surface area contributed by atoms with Gasteiger partial charge < -0.3 is 14.0 Å². The molecule has 0 fully saturated rings. The summed E-state index contributed by atoms with van der Waals surface area (Å²) in [7, 11) is 3.20. The van der Waals surface area contributed by atoms with Crippen LogP contribution < -0.4 is 14.9 Å². The lowest BCUT2D eigenvalue weighted by Gasteiger charge is -2.15. The molecular weight excluding hydrogens is 378 g/mol. The quantitative estimate of drug-likeness (QED) is 0.476. The van der Waals surface area contributed by atoms with E-state index in [1.807, 2.05) is 18.2 Å². The lowest BCUT2D eigenvalue weighted by Crippen LogP contribution is -2.20. The summed E-state index contributed by atoms with van der Waals surface area (Å²) in [6.45, 7) is 0.652. The van der Waals surface area contributed by atoms with Gasteiger partial charge in [-0.2, -0.15) is 5.10 Å². The molecule has 0 radical (unpaired) electrons. The Labute approximate surface area is 176 Å². The first-order valence-electron chi connectivity index (χ1n) is 10.3. The number of fused-ring (bicyclic) bond motifs is 3. The van der Waals surface area contributed by atoms with E-state index in [9.17, 15) is 4.79 Å². The molecular formula is C24H27N3O3. The molecule has 0 atom stereocenters. The Kier molecular flexibility index (Phi) is 6.02. The number of nitrogens with one attached hydrogen (secondary N) is 1. The second-order valence-corrected chi connectivity index (χ2v) is 7.45. The number of aromatic nitrogens is 1. The molecule has 4 rings (SSSR count). The molecule has 0 unspecified atom stereocenters. The van der Waals surface area contributed by atoms with Crippen molar-refractivity contribution in [3.8, 4) is 11.5 Å². The van der Waals surface area contributed by atoms with Gasteiger partial charge in [-0.25, -0.2) is 5.43 Å². The summed E-state index contributed by atoms with van der Waals surface area (Å²) in [6, 6.07) is 13.9. The van der Waals surface area contributed by atoms with Crippen LogP contribution in [0.5, 0.6) is 11.5 Å². The van der Waals surface area contributed by atoms with E-state index >= 15 is 0 Å². The first kappa shape index (κ1) is 20.0. The topological polar surface area (TPSA) is 64.8 Å². The molecule has 1 aliphatic carbocycles. The van der Waals surface area contributed by atoms with Crippen LogP contribution in [0.25, 0.3) is 10.9 Å². The molecule has 0 bridgehead atoms. The molecule has 1 aliphatic rings. The summed E-state index contributed by atoms with van der Waals surface area (Å²) < 4.78 is 12.9. The summed E-state index contributed by atoms with van der Waals surface area (Å²) >= 11 is 0. The number of hydrazone groups is 1. The van der Waals surface area contributed by atoms with E-state index in [1.54, 1.807) is 20.4 Å². The van der Waals surface area contributed by atoms with Gasteiger partial charge in [0.25, 0.3) is 0 Å². The molecule has 2 aromatic carbocycles. The summed E-state index contributed by atoms with van der Waals surface area (Å²) in [5.74, 6) is 1.25. The fourth-order valence-electron chi connectivity index (χ4n) is 4.23. The van der Waals surface area contributed by atoms with Gasteiger partial charge in [0.1, 0.15) is 11.5 Å². The maximum absolute atomic E-state index is 12.4. The zero-order valence-electron chi connectivity index (χ0n) is 17.5. The van der Waals surface area contributed by atoms with Crippen LogP contribution in [-0.2, 0) is 24.2 Å². The average molecular weight is 405 g/mol. The molecule has 156 valence electrons. The molecule has 0 saturated heterocycles. The molecule has 1 aromatic heterocycles. The number of rotatable bonds is 7. The third-order valence-electron chi connectivity index (χ3n) is 5.68. The highest BCUT2D eigenvalue weighted by atomic mass is 16.5. The molecule has 3 aromatic rings. The van der Waals surface area contributed by atoms with E-state index in [4.69, 9.17) is 9.47 Å². The number of carbonyl (C=O) groups is 1.